The SMILES string of the molecule is CCN1CCN(CCCCNC(=NC)NCCCOC(C)c2ccccc2)CC1. The second-order valence-electron chi connectivity index (χ2n) is 7.69. The van der Waals surface area contributed by atoms with Crippen LogP contribution in [0.3, 0.4) is 0 Å². The Morgan fingerprint density at radius 3 is 2.31 bits per heavy atom. The Morgan fingerprint density at radius 1 is 1.00 bits per heavy atom. The molecule has 164 valence electrons. The minimum absolute atomic E-state index is 0.138. The third-order valence-corrected chi connectivity index (χ3v) is 5.58. The molecule has 6 heteroatoms. The van der Waals surface area contributed by atoms with E-state index in [0.29, 0.717) is 0 Å². The Labute approximate surface area is 177 Å². The number of benzene rings is 1. The molecule has 2 N–H and O–H groups in total. The van der Waals surface area contributed by atoms with Crippen LogP contribution in [0.1, 0.15) is 44.8 Å². The Balaban J connectivity index is 1.46. The maximum absolute atomic E-state index is 5.92. The predicted octanol–water partition coefficient (Wildman–Crippen LogP) is 2.74. The van der Waals surface area contributed by atoms with Crippen LogP contribution in [0.25, 0.3) is 0 Å². The molecule has 0 spiro atoms. The monoisotopic (exact) mass is 403 g/mol. The summed E-state index contributed by atoms with van der Waals surface area (Å²) in [4.78, 5) is 9.43. The number of piperazine rings is 1. The molecule has 1 aromatic carbocycles. The Hall–Kier alpha value is -1.63. The lowest BCUT2D eigenvalue weighted by molar-refractivity contribution is 0.0646. The molecular formula is C23H41N5O. The standard InChI is InChI=1S/C23H41N5O/c1-4-27-16-18-28(19-17-27)15-9-8-13-25-23(24-3)26-14-10-20-29-21(2)22-11-6-5-7-12-22/h5-7,11-12,21H,4,8-10,13-20H2,1-3H3,(H2,24,25,26). The summed E-state index contributed by atoms with van der Waals surface area (Å²) >= 11 is 0. The second kappa shape index (κ2) is 14.4. The summed E-state index contributed by atoms with van der Waals surface area (Å²) in [5, 5.41) is 6.80. The minimum Gasteiger partial charge on any atom is -0.374 e. The van der Waals surface area contributed by atoms with Gasteiger partial charge in [-0.1, -0.05) is 37.3 Å². The van der Waals surface area contributed by atoms with Crippen molar-refractivity contribution in [2.75, 3.05) is 66.0 Å². The molecule has 0 saturated carbocycles. The molecule has 1 heterocycles. The Bertz CT molecular complexity index is 558. The van der Waals surface area contributed by atoms with Crippen molar-refractivity contribution in [3.63, 3.8) is 0 Å². The number of nitrogens with one attached hydrogen (secondary N) is 2. The van der Waals surface area contributed by atoms with E-state index >= 15 is 0 Å². The molecule has 1 fully saturated rings. The van der Waals surface area contributed by atoms with Crippen molar-refractivity contribution in [1.29, 1.82) is 0 Å². The van der Waals surface area contributed by atoms with Crippen molar-refractivity contribution in [3.8, 4) is 0 Å². The molecule has 1 aliphatic heterocycles. The average molecular weight is 404 g/mol. The first-order valence-corrected chi connectivity index (χ1v) is 11.3. The first-order valence-electron chi connectivity index (χ1n) is 11.3. The molecule has 0 aliphatic carbocycles. The number of rotatable bonds is 12. The lowest BCUT2D eigenvalue weighted by Crippen LogP contribution is -2.46. The van der Waals surface area contributed by atoms with Gasteiger partial charge in [-0.05, 0) is 44.8 Å². The highest BCUT2D eigenvalue weighted by Gasteiger charge is 2.14. The van der Waals surface area contributed by atoms with Crippen LogP contribution in [0.15, 0.2) is 35.3 Å². The molecule has 29 heavy (non-hydrogen) atoms. The molecule has 1 saturated heterocycles. The van der Waals surface area contributed by atoms with Gasteiger partial charge in [0.15, 0.2) is 5.96 Å². The van der Waals surface area contributed by atoms with E-state index in [-0.39, 0.29) is 6.10 Å². The fourth-order valence-corrected chi connectivity index (χ4v) is 3.58. The van der Waals surface area contributed by atoms with Crippen molar-refractivity contribution >= 4 is 5.96 Å². The number of likely N-dealkylation sites (N-methyl/N-ethyl adjacent to an activating group) is 1. The average Bonchev–Trinajstić information content (AvgIpc) is 2.78. The van der Waals surface area contributed by atoms with Crippen LogP contribution in [0.2, 0.25) is 0 Å². The molecule has 1 aromatic rings. The van der Waals surface area contributed by atoms with E-state index < -0.39 is 0 Å². The normalized spacial score (nSPS) is 17.3. The fourth-order valence-electron chi connectivity index (χ4n) is 3.58. The van der Waals surface area contributed by atoms with Gasteiger partial charge in [0.2, 0.25) is 0 Å². The molecule has 0 bridgehead atoms. The van der Waals surface area contributed by atoms with E-state index in [1.807, 2.05) is 13.1 Å². The van der Waals surface area contributed by atoms with Crippen LogP contribution < -0.4 is 10.6 Å². The highest BCUT2D eigenvalue weighted by molar-refractivity contribution is 5.79. The van der Waals surface area contributed by atoms with Gasteiger partial charge < -0.3 is 25.2 Å². The van der Waals surface area contributed by atoms with Gasteiger partial charge in [-0.15, -0.1) is 0 Å². The van der Waals surface area contributed by atoms with Crippen molar-refractivity contribution in [2.24, 2.45) is 4.99 Å². The smallest absolute Gasteiger partial charge is 0.190 e. The van der Waals surface area contributed by atoms with Crippen molar-refractivity contribution in [3.05, 3.63) is 35.9 Å². The van der Waals surface area contributed by atoms with Crippen molar-refractivity contribution < 1.29 is 4.74 Å². The highest BCUT2D eigenvalue weighted by atomic mass is 16.5. The molecule has 6 nitrogen and oxygen atoms in total. The van der Waals surface area contributed by atoms with E-state index in [1.165, 1.54) is 57.7 Å². The summed E-state index contributed by atoms with van der Waals surface area (Å²) in [6.45, 7) is 14.2. The van der Waals surface area contributed by atoms with E-state index in [2.05, 4.69) is 63.5 Å². The van der Waals surface area contributed by atoms with E-state index in [1.54, 1.807) is 0 Å². The zero-order valence-electron chi connectivity index (χ0n) is 18.7. The number of hydrogen-bond acceptors (Lipinski definition) is 4. The van der Waals surface area contributed by atoms with E-state index in [4.69, 9.17) is 4.74 Å². The zero-order chi connectivity index (χ0) is 20.7. The first-order chi connectivity index (χ1) is 14.2. The summed E-state index contributed by atoms with van der Waals surface area (Å²) in [6, 6.07) is 10.4. The van der Waals surface area contributed by atoms with Gasteiger partial charge in [-0.3, -0.25) is 4.99 Å². The number of hydrogen-bond donors (Lipinski definition) is 2. The largest absolute Gasteiger partial charge is 0.374 e. The minimum atomic E-state index is 0.138. The lowest BCUT2D eigenvalue weighted by Gasteiger charge is -2.34. The molecule has 1 unspecified atom stereocenters. The first kappa shape index (κ1) is 23.6. The van der Waals surface area contributed by atoms with Crippen LogP contribution in [0.4, 0.5) is 0 Å². The number of aliphatic imine (C=N–C) groups is 1. The van der Waals surface area contributed by atoms with Crippen LogP contribution >= 0.6 is 0 Å². The molecule has 0 aromatic heterocycles. The summed E-state index contributed by atoms with van der Waals surface area (Å²) < 4.78 is 5.92. The predicted molar refractivity (Wildman–Crippen MR) is 123 cm³/mol. The lowest BCUT2D eigenvalue weighted by atomic mass is 10.1. The van der Waals surface area contributed by atoms with Gasteiger partial charge in [0.25, 0.3) is 0 Å². The highest BCUT2D eigenvalue weighted by Crippen LogP contribution is 2.15. The van der Waals surface area contributed by atoms with Crippen molar-refractivity contribution in [1.82, 2.24) is 20.4 Å². The third kappa shape index (κ3) is 9.61. The Kier molecular flexibility index (Phi) is 11.7. The number of unbranched alkanes of at least 4 members (excludes halogenated alkanes) is 1. The maximum Gasteiger partial charge on any atom is 0.190 e. The molecule has 2 rings (SSSR count). The second-order valence-corrected chi connectivity index (χ2v) is 7.69. The molecule has 0 radical (unpaired) electrons. The van der Waals surface area contributed by atoms with Crippen LogP contribution in [-0.2, 0) is 4.74 Å². The van der Waals surface area contributed by atoms with Crippen LogP contribution in [-0.4, -0.2) is 81.8 Å². The topological polar surface area (TPSA) is 52.1 Å². The zero-order valence-corrected chi connectivity index (χ0v) is 18.7. The molecule has 1 aliphatic rings. The van der Waals surface area contributed by atoms with Crippen LogP contribution in [0.5, 0.6) is 0 Å². The number of guanidine groups is 1. The summed E-state index contributed by atoms with van der Waals surface area (Å²) in [6.07, 6.45) is 3.51. The summed E-state index contributed by atoms with van der Waals surface area (Å²) in [5.41, 5.74) is 1.23. The summed E-state index contributed by atoms with van der Waals surface area (Å²) in [7, 11) is 1.83. The molecule has 1 atom stereocenters. The van der Waals surface area contributed by atoms with E-state index in [0.717, 1.165) is 32.1 Å². The van der Waals surface area contributed by atoms with Gasteiger partial charge in [0, 0.05) is 52.9 Å². The summed E-state index contributed by atoms with van der Waals surface area (Å²) in [5.74, 6) is 0.887. The van der Waals surface area contributed by atoms with Gasteiger partial charge >= 0.3 is 0 Å². The third-order valence-electron chi connectivity index (χ3n) is 5.58. The quantitative estimate of drug-likeness (QED) is 0.319. The van der Waals surface area contributed by atoms with Gasteiger partial charge in [0.05, 0.1) is 6.10 Å². The number of ether oxygens (including phenoxy) is 1. The fraction of sp³-hybridized carbons (Fsp3) is 0.696. The maximum atomic E-state index is 5.92. The van der Waals surface area contributed by atoms with Crippen molar-refractivity contribution in [2.45, 2.75) is 39.2 Å². The van der Waals surface area contributed by atoms with E-state index in [9.17, 15) is 0 Å². The Morgan fingerprint density at radius 2 is 1.66 bits per heavy atom. The van der Waals surface area contributed by atoms with Gasteiger partial charge in [-0.25, -0.2) is 0 Å². The molecular weight excluding hydrogens is 362 g/mol. The van der Waals surface area contributed by atoms with Crippen LogP contribution in [0, 0.1) is 0 Å². The van der Waals surface area contributed by atoms with Gasteiger partial charge in [-0.2, -0.15) is 0 Å². The van der Waals surface area contributed by atoms with Gasteiger partial charge in [0.1, 0.15) is 0 Å². The number of nitrogens with zero attached hydrogens (tertiary/aromatic N) is 3. The molecule has 0 amide bonds.